The van der Waals surface area contributed by atoms with Crippen LogP contribution >= 0.6 is 11.8 Å². The van der Waals surface area contributed by atoms with Crippen molar-refractivity contribution < 1.29 is 4.74 Å². The first-order chi connectivity index (χ1) is 9.60. The van der Waals surface area contributed by atoms with Crippen molar-refractivity contribution in [3.05, 3.63) is 34.9 Å². The minimum atomic E-state index is 0.146. The van der Waals surface area contributed by atoms with E-state index < -0.39 is 0 Å². The molecular weight excluding hydrogens is 270 g/mol. The number of ether oxygens (including phenoxy) is 1. The molecule has 0 fully saturated rings. The second kappa shape index (κ2) is 6.90. The van der Waals surface area contributed by atoms with Crippen molar-refractivity contribution in [3.63, 3.8) is 0 Å². The number of benzene rings is 1. The van der Waals surface area contributed by atoms with Gasteiger partial charge in [0.2, 0.25) is 0 Å². The van der Waals surface area contributed by atoms with E-state index in [1.807, 2.05) is 6.92 Å². The first-order valence-electron chi connectivity index (χ1n) is 6.70. The molecule has 1 aliphatic heterocycles. The zero-order valence-electron chi connectivity index (χ0n) is 12.4. The van der Waals surface area contributed by atoms with Crippen molar-refractivity contribution in [3.8, 4) is 0 Å². The molecule has 108 valence electrons. The topological polar surface area (TPSA) is 46.0 Å². The Bertz CT molecular complexity index is 540. The van der Waals surface area contributed by atoms with Crippen LogP contribution in [0.5, 0.6) is 0 Å². The maximum Gasteiger partial charge on any atom is 0.177 e. The molecule has 0 spiro atoms. The number of nitrogens with zero attached hydrogens (tertiary/aromatic N) is 2. The highest BCUT2D eigenvalue weighted by atomic mass is 32.2. The predicted octanol–water partition coefficient (Wildman–Crippen LogP) is 2.73. The monoisotopic (exact) mass is 291 g/mol. The van der Waals surface area contributed by atoms with E-state index >= 15 is 0 Å². The summed E-state index contributed by atoms with van der Waals surface area (Å²) >= 11 is 1.69. The molecular formula is C15H21N3OS. The summed E-state index contributed by atoms with van der Waals surface area (Å²) in [6.07, 6.45) is 0. The minimum Gasteiger partial charge on any atom is -0.382 e. The Morgan fingerprint density at radius 1 is 1.45 bits per heavy atom. The van der Waals surface area contributed by atoms with E-state index in [4.69, 9.17) is 4.74 Å². The van der Waals surface area contributed by atoms with Gasteiger partial charge < -0.3 is 4.74 Å². The zero-order valence-corrected chi connectivity index (χ0v) is 13.3. The van der Waals surface area contributed by atoms with Gasteiger partial charge in [-0.2, -0.15) is 5.10 Å². The van der Waals surface area contributed by atoms with Gasteiger partial charge in [0.05, 0.1) is 18.4 Å². The van der Waals surface area contributed by atoms with Crippen molar-refractivity contribution in [2.45, 2.75) is 26.8 Å². The number of hydrogen-bond donors (Lipinski definition) is 1. The summed E-state index contributed by atoms with van der Waals surface area (Å²) in [7, 11) is 1.69. The van der Waals surface area contributed by atoms with Crippen LogP contribution in [0.1, 0.15) is 23.6 Å². The highest BCUT2D eigenvalue weighted by Gasteiger charge is 2.15. The fourth-order valence-corrected chi connectivity index (χ4v) is 2.99. The maximum absolute atomic E-state index is 5.08. The number of aliphatic imine (C=N–C) groups is 1. The first kappa shape index (κ1) is 15.1. The van der Waals surface area contributed by atoms with Gasteiger partial charge in [-0.1, -0.05) is 35.5 Å². The van der Waals surface area contributed by atoms with Gasteiger partial charge in [0.15, 0.2) is 5.17 Å². The van der Waals surface area contributed by atoms with Crippen molar-refractivity contribution in [2.24, 2.45) is 10.1 Å². The number of nitrogens with one attached hydrogen (secondary N) is 1. The molecule has 1 N–H and O–H groups in total. The summed E-state index contributed by atoms with van der Waals surface area (Å²) in [6, 6.07) is 6.60. The van der Waals surface area contributed by atoms with Crippen molar-refractivity contribution in [1.29, 1.82) is 0 Å². The lowest BCUT2D eigenvalue weighted by Gasteiger charge is -2.17. The fourth-order valence-electron chi connectivity index (χ4n) is 2.14. The highest BCUT2D eigenvalue weighted by Crippen LogP contribution is 2.18. The summed E-state index contributed by atoms with van der Waals surface area (Å²) in [5, 5.41) is 5.32. The molecule has 1 heterocycles. The molecule has 0 radical (unpaired) electrons. The highest BCUT2D eigenvalue weighted by molar-refractivity contribution is 8.14. The number of aryl methyl sites for hydroxylation is 2. The third-order valence-electron chi connectivity index (χ3n) is 3.07. The molecule has 20 heavy (non-hydrogen) atoms. The molecule has 2 rings (SSSR count). The zero-order chi connectivity index (χ0) is 14.5. The fraction of sp³-hybridized carbons (Fsp3) is 0.467. The lowest BCUT2D eigenvalue weighted by atomic mass is 10.0. The summed E-state index contributed by atoms with van der Waals surface area (Å²) in [6.45, 7) is 6.88. The van der Waals surface area contributed by atoms with Crippen LogP contribution < -0.4 is 5.43 Å². The standard InChI is InChI=1S/C15H21N3OS/c1-10-5-6-13(11(2)7-10)14-9-20-15(18-17-14)16-12(3)8-19-4/h5-7,12H,8-9H2,1-4H3,(H,16,18)/t12-/m1/s1. The summed E-state index contributed by atoms with van der Waals surface area (Å²) in [4.78, 5) is 4.53. The normalized spacial score (nSPS) is 18.6. The van der Waals surface area contributed by atoms with Crippen LogP contribution in [-0.4, -0.2) is 36.4 Å². The number of hydrogen-bond acceptors (Lipinski definition) is 4. The lowest BCUT2D eigenvalue weighted by molar-refractivity contribution is 0.186. The van der Waals surface area contributed by atoms with Gasteiger partial charge in [-0.3, -0.25) is 10.4 Å². The number of methoxy groups -OCH3 is 1. The molecule has 0 aromatic heterocycles. The third-order valence-corrected chi connectivity index (χ3v) is 3.96. The Hall–Kier alpha value is -1.33. The maximum atomic E-state index is 5.08. The van der Waals surface area contributed by atoms with E-state index in [2.05, 4.69) is 47.6 Å². The second-order valence-electron chi connectivity index (χ2n) is 5.02. The molecule has 1 aliphatic rings. The van der Waals surface area contributed by atoms with Gasteiger partial charge >= 0.3 is 0 Å². The molecule has 5 heteroatoms. The predicted molar refractivity (Wildman–Crippen MR) is 86.8 cm³/mol. The van der Waals surface area contributed by atoms with Gasteiger partial charge in [0.1, 0.15) is 0 Å². The number of rotatable bonds is 4. The molecule has 0 saturated carbocycles. The first-order valence-corrected chi connectivity index (χ1v) is 7.68. The van der Waals surface area contributed by atoms with Crippen LogP contribution in [0.2, 0.25) is 0 Å². The molecule has 1 aromatic rings. The molecule has 0 bridgehead atoms. The third kappa shape index (κ3) is 3.84. The SMILES string of the molecule is COC[C@@H](C)N=C1NN=C(c2ccc(C)cc2C)CS1. The van der Waals surface area contributed by atoms with Gasteiger partial charge in [-0.25, -0.2) is 0 Å². The van der Waals surface area contributed by atoms with Gasteiger partial charge in [0.25, 0.3) is 0 Å². The van der Waals surface area contributed by atoms with Gasteiger partial charge in [0, 0.05) is 18.4 Å². The largest absolute Gasteiger partial charge is 0.382 e. The Kier molecular flexibility index (Phi) is 5.20. The minimum absolute atomic E-state index is 0.146. The lowest BCUT2D eigenvalue weighted by Crippen LogP contribution is -2.27. The molecule has 1 atom stereocenters. The molecule has 4 nitrogen and oxygen atoms in total. The van der Waals surface area contributed by atoms with E-state index in [0.29, 0.717) is 6.61 Å². The molecule has 0 aliphatic carbocycles. The van der Waals surface area contributed by atoms with Crippen molar-refractivity contribution >= 4 is 22.6 Å². The van der Waals surface area contributed by atoms with Gasteiger partial charge in [-0.05, 0) is 26.3 Å². The van der Waals surface area contributed by atoms with E-state index in [-0.39, 0.29) is 6.04 Å². The molecule has 1 aromatic carbocycles. The van der Waals surface area contributed by atoms with E-state index in [1.165, 1.54) is 16.7 Å². The Balaban J connectivity index is 2.09. The molecule has 0 unspecified atom stereocenters. The van der Waals surface area contributed by atoms with Crippen molar-refractivity contribution in [2.75, 3.05) is 19.5 Å². The van der Waals surface area contributed by atoms with Crippen LogP contribution in [0.25, 0.3) is 0 Å². The van der Waals surface area contributed by atoms with E-state index in [9.17, 15) is 0 Å². The van der Waals surface area contributed by atoms with Crippen LogP contribution in [0.3, 0.4) is 0 Å². The smallest absolute Gasteiger partial charge is 0.177 e. The summed E-state index contributed by atoms with van der Waals surface area (Å²) in [5.74, 6) is 0.843. The van der Waals surface area contributed by atoms with Crippen LogP contribution in [0, 0.1) is 13.8 Å². The number of amidine groups is 1. The number of hydrazone groups is 1. The Labute approximate surface area is 124 Å². The summed E-state index contributed by atoms with van der Waals surface area (Å²) < 4.78 is 5.08. The number of thioether (sulfide) groups is 1. The average molecular weight is 291 g/mol. The van der Waals surface area contributed by atoms with Gasteiger partial charge in [-0.15, -0.1) is 0 Å². The van der Waals surface area contributed by atoms with E-state index in [0.717, 1.165) is 16.6 Å². The summed E-state index contributed by atoms with van der Waals surface area (Å²) in [5.41, 5.74) is 7.87. The Morgan fingerprint density at radius 2 is 2.25 bits per heavy atom. The Morgan fingerprint density at radius 3 is 2.85 bits per heavy atom. The molecule has 0 amide bonds. The second-order valence-corrected chi connectivity index (χ2v) is 5.98. The van der Waals surface area contributed by atoms with Crippen molar-refractivity contribution in [1.82, 2.24) is 5.43 Å². The quantitative estimate of drug-likeness (QED) is 0.928. The average Bonchev–Trinajstić information content (AvgIpc) is 2.40. The van der Waals surface area contributed by atoms with Crippen LogP contribution in [0.4, 0.5) is 0 Å². The molecule has 0 saturated heterocycles. The van der Waals surface area contributed by atoms with E-state index in [1.54, 1.807) is 18.9 Å². The van der Waals surface area contributed by atoms with Crippen LogP contribution in [-0.2, 0) is 4.74 Å². The van der Waals surface area contributed by atoms with Crippen LogP contribution in [0.15, 0.2) is 28.3 Å².